The quantitative estimate of drug-likeness (QED) is 0.795. The predicted octanol–water partition coefficient (Wildman–Crippen LogP) is 4.68. The molecule has 1 N–H and O–H groups in total. The Labute approximate surface area is 143 Å². The summed E-state index contributed by atoms with van der Waals surface area (Å²) >= 11 is 0. The highest BCUT2D eigenvalue weighted by atomic mass is 15.0. The minimum atomic E-state index is 0.992. The largest absolute Gasteiger partial charge is 0.358 e. The maximum absolute atomic E-state index is 3.51. The third-order valence-corrected chi connectivity index (χ3v) is 4.92. The highest BCUT2D eigenvalue weighted by Crippen LogP contribution is 2.29. The van der Waals surface area contributed by atoms with Crippen molar-refractivity contribution in [3.63, 3.8) is 0 Å². The lowest BCUT2D eigenvalue weighted by Crippen LogP contribution is -2.04. The van der Waals surface area contributed by atoms with Crippen LogP contribution in [0.4, 0.5) is 11.4 Å². The summed E-state index contributed by atoms with van der Waals surface area (Å²) in [5.74, 6) is 0. The first kappa shape index (κ1) is 14.9. The number of nitrogens with one attached hydrogen (secondary N) is 1. The molecule has 0 saturated heterocycles. The lowest BCUT2D eigenvalue weighted by molar-refractivity contribution is -0.400. The number of benzene rings is 2. The van der Waals surface area contributed by atoms with E-state index in [1.54, 1.807) is 0 Å². The molecule has 2 nitrogen and oxygen atoms in total. The van der Waals surface area contributed by atoms with Gasteiger partial charge in [0.25, 0.3) is 0 Å². The minimum Gasteiger partial charge on any atom is -0.358 e. The molecule has 0 bridgehead atoms. The van der Waals surface area contributed by atoms with E-state index < -0.39 is 0 Å². The van der Waals surface area contributed by atoms with E-state index in [1.807, 2.05) is 0 Å². The van der Waals surface area contributed by atoms with Gasteiger partial charge in [-0.15, -0.1) is 0 Å². The second kappa shape index (κ2) is 5.79. The Balaban J connectivity index is 1.50. The van der Waals surface area contributed by atoms with Gasteiger partial charge < -0.3 is 5.32 Å². The van der Waals surface area contributed by atoms with E-state index in [1.165, 1.54) is 45.0 Å². The average molecular weight is 315 g/mol. The molecule has 0 spiro atoms. The van der Waals surface area contributed by atoms with Crippen molar-refractivity contribution >= 4 is 17.1 Å². The molecule has 2 aliphatic heterocycles. The maximum atomic E-state index is 3.51. The highest BCUT2D eigenvalue weighted by Gasteiger charge is 2.24. The lowest BCUT2D eigenvalue weighted by atomic mass is 10.1. The van der Waals surface area contributed by atoms with Crippen LogP contribution < -0.4 is 5.32 Å². The van der Waals surface area contributed by atoms with Gasteiger partial charge in [0.1, 0.15) is 7.05 Å². The maximum Gasteiger partial charge on any atom is 0.208 e. The van der Waals surface area contributed by atoms with Crippen molar-refractivity contribution in [2.24, 2.45) is 0 Å². The normalized spacial score (nSPS) is 17.5. The molecule has 2 heteroatoms. The summed E-state index contributed by atoms with van der Waals surface area (Å²) in [6, 6.07) is 13.3. The summed E-state index contributed by atoms with van der Waals surface area (Å²) in [6.07, 6.45) is 8.61. The number of hydrogen-bond acceptors (Lipinski definition) is 1. The zero-order valence-corrected chi connectivity index (χ0v) is 14.6. The number of anilines is 1. The van der Waals surface area contributed by atoms with Crippen molar-refractivity contribution in [3.05, 3.63) is 82.6 Å². The standard InChI is InChI=1S/C22H22N2/c1-15-7-9-21-17(11-15)13-19(23-21)5-4-6-20-14-18-12-16(2)8-10-22(18)24(20)3/h4-12H,13-14H2,1-3H3/p+1. The molecule has 0 saturated carbocycles. The molecular formula is C22H23N2+. The Kier molecular flexibility index (Phi) is 3.61. The van der Waals surface area contributed by atoms with Crippen molar-refractivity contribution < 1.29 is 4.58 Å². The van der Waals surface area contributed by atoms with Gasteiger partial charge >= 0.3 is 0 Å². The van der Waals surface area contributed by atoms with Gasteiger partial charge in [-0.05, 0) is 37.6 Å². The van der Waals surface area contributed by atoms with Gasteiger partial charge in [-0.25, -0.2) is 0 Å². The second-order valence-corrected chi connectivity index (χ2v) is 6.87. The molecule has 0 atom stereocenters. The molecule has 0 radical (unpaired) electrons. The van der Waals surface area contributed by atoms with Crippen LogP contribution in [0.1, 0.15) is 22.3 Å². The van der Waals surface area contributed by atoms with Gasteiger partial charge in [-0.1, -0.05) is 35.4 Å². The summed E-state index contributed by atoms with van der Waals surface area (Å²) in [7, 11) is 2.15. The number of allylic oxidation sites excluding steroid dienone is 4. The molecule has 2 aliphatic rings. The number of fused-ring (bicyclic) bond motifs is 2. The summed E-state index contributed by atoms with van der Waals surface area (Å²) in [6.45, 7) is 4.30. The number of nitrogens with zero attached hydrogens (tertiary/aromatic N) is 1. The van der Waals surface area contributed by atoms with Crippen LogP contribution in [0.15, 0.2) is 60.3 Å². The Morgan fingerprint density at radius 3 is 2.54 bits per heavy atom. The zero-order chi connectivity index (χ0) is 16.7. The third kappa shape index (κ3) is 2.69. The zero-order valence-electron chi connectivity index (χ0n) is 14.6. The third-order valence-electron chi connectivity index (χ3n) is 4.92. The monoisotopic (exact) mass is 315 g/mol. The van der Waals surface area contributed by atoms with E-state index in [4.69, 9.17) is 0 Å². The molecule has 2 aromatic rings. The van der Waals surface area contributed by atoms with Crippen molar-refractivity contribution in [2.45, 2.75) is 26.7 Å². The Hall–Kier alpha value is -2.61. The lowest BCUT2D eigenvalue weighted by Gasteiger charge is -1.99. The van der Waals surface area contributed by atoms with Crippen LogP contribution in [0, 0.1) is 13.8 Å². The molecule has 0 aromatic heterocycles. The smallest absolute Gasteiger partial charge is 0.208 e. The van der Waals surface area contributed by atoms with Gasteiger partial charge in [-0.3, -0.25) is 0 Å². The van der Waals surface area contributed by atoms with Crippen LogP contribution >= 0.6 is 0 Å². The van der Waals surface area contributed by atoms with Gasteiger partial charge in [-0.2, -0.15) is 4.58 Å². The summed E-state index contributed by atoms with van der Waals surface area (Å²) in [5.41, 5.74) is 10.7. The molecule has 0 aliphatic carbocycles. The first-order chi connectivity index (χ1) is 11.6. The van der Waals surface area contributed by atoms with Gasteiger partial charge in [0.15, 0.2) is 5.71 Å². The SMILES string of the molecule is Cc1ccc2c(c1)C/C(=C/C=CC1=[N+](C)c3ccc(C)cc3C1)N2. The number of aryl methyl sites for hydroxylation is 2. The van der Waals surface area contributed by atoms with E-state index >= 15 is 0 Å². The van der Waals surface area contributed by atoms with Crippen LogP contribution in [-0.4, -0.2) is 17.3 Å². The second-order valence-electron chi connectivity index (χ2n) is 6.87. The van der Waals surface area contributed by atoms with Crippen LogP contribution in [-0.2, 0) is 12.8 Å². The molecule has 0 unspecified atom stereocenters. The fraction of sp³-hybridized carbons (Fsp3) is 0.227. The first-order valence-corrected chi connectivity index (χ1v) is 8.53. The highest BCUT2D eigenvalue weighted by molar-refractivity contribution is 5.96. The predicted molar refractivity (Wildman–Crippen MR) is 101 cm³/mol. The summed E-state index contributed by atoms with van der Waals surface area (Å²) in [4.78, 5) is 0. The topological polar surface area (TPSA) is 15.0 Å². The van der Waals surface area contributed by atoms with E-state index in [-0.39, 0.29) is 0 Å². The number of hydrogen-bond donors (Lipinski definition) is 1. The summed E-state index contributed by atoms with van der Waals surface area (Å²) < 4.78 is 2.30. The van der Waals surface area contributed by atoms with Crippen molar-refractivity contribution in [1.82, 2.24) is 0 Å². The van der Waals surface area contributed by atoms with Crippen LogP contribution in [0.25, 0.3) is 0 Å². The van der Waals surface area contributed by atoms with Crippen molar-refractivity contribution in [1.29, 1.82) is 0 Å². The van der Waals surface area contributed by atoms with Crippen LogP contribution in [0.2, 0.25) is 0 Å². The first-order valence-electron chi connectivity index (χ1n) is 8.53. The van der Waals surface area contributed by atoms with Gasteiger partial charge in [0, 0.05) is 35.5 Å². The Morgan fingerprint density at radius 2 is 1.71 bits per heavy atom. The molecule has 2 heterocycles. The summed E-state index contributed by atoms with van der Waals surface area (Å²) in [5, 5.41) is 3.51. The van der Waals surface area contributed by atoms with Crippen molar-refractivity contribution in [3.8, 4) is 0 Å². The van der Waals surface area contributed by atoms with Crippen LogP contribution in [0.5, 0.6) is 0 Å². The molecule has 24 heavy (non-hydrogen) atoms. The molecular weight excluding hydrogens is 292 g/mol. The molecule has 0 amide bonds. The molecule has 2 aromatic carbocycles. The number of rotatable bonds is 2. The van der Waals surface area contributed by atoms with E-state index in [0.717, 1.165) is 12.8 Å². The van der Waals surface area contributed by atoms with E-state index in [0.29, 0.717) is 0 Å². The van der Waals surface area contributed by atoms with E-state index in [9.17, 15) is 0 Å². The minimum absolute atomic E-state index is 0.992. The Bertz CT molecular complexity index is 914. The Morgan fingerprint density at radius 1 is 0.958 bits per heavy atom. The van der Waals surface area contributed by atoms with E-state index in [2.05, 4.69) is 85.4 Å². The molecule has 0 fully saturated rings. The fourth-order valence-electron chi connectivity index (χ4n) is 3.61. The van der Waals surface area contributed by atoms with Crippen LogP contribution in [0.3, 0.4) is 0 Å². The fourth-order valence-corrected chi connectivity index (χ4v) is 3.61. The molecule has 120 valence electrons. The molecule has 4 rings (SSSR count). The van der Waals surface area contributed by atoms with Crippen molar-refractivity contribution in [2.75, 3.05) is 12.4 Å². The van der Waals surface area contributed by atoms with Gasteiger partial charge in [0.05, 0.1) is 6.42 Å². The average Bonchev–Trinajstić information content (AvgIpc) is 3.08. The van der Waals surface area contributed by atoms with Gasteiger partial charge in [0.2, 0.25) is 5.69 Å².